The fourth-order valence-corrected chi connectivity index (χ4v) is 3.18. The topological polar surface area (TPSA) is 47.5 Å². The normalized spacial score (nSPS) is 35.1. The largest absolute Gasteiger partial charge is 0.591 e. The molecule has 2 unspecified atom stereocenters. The van der Waals surface area contributed by atoms with E-state index in [0.717, 1.165) is 25.9 Å². The monoisotopic (exact) mass is 242 g/mol. The van der Waals surface area contributed by atoms with E-state index in [2.05, 4.69) is 9.71 Å². The Hall–Kier alpha value is -0.0600. The summed E-state index contributed by atoms with van der Waals surface area (Å²) in [5, 5.41) is 3.43. The van der Waals surface area contributed by atoms with Gasteiger partial charge in [0.15, 0.2) is 0 Å². The van der Waals surface area contributed by atoms with Gasteiger partial charge in [-0.15, -0.1) is 0 Å². The molecule has 4 heteroatoms. The summed E-state index contributed by atoms with van der Waals surface area (Å²) in [6.07, 6.45) is 4.58. The van der Waals surface area contributed by atoms with E-state index in [0.29, 0.717) is 5.41 Å². The molecule has 16 heavy (non-hydrogen) atoms. The van der Waals surface area contributed by atoms with Gasteiger partial charge in [-0.25, -0.2) is 0 Å². The third-order valence-electron chi connectivity index (χ3n) is 3.59. The van der Waals surface area contributed by atoms with Crippen LogP contribution in [0.5, 0.6) is 0 Å². The van der Waals surface area contributed by atoms with Crippen LogP contribution in [-0.2, 0) is 11.4 Å². The molecule has 1 saturated carbocycles. The quantitative estimate of drug-likeness (QED) is 0.715. The Morgan fingerprint density at radius 1 is 1.38 bits per heavy atom. The van der Waals surface area contributed by atoms with Gasteiger partial charge in [0.1, 0.15) is 16.1 Å². The van der Waals surface area contributed by atoms with Gasteiger partial charge in [0.25, 0.3) is 0 Å². The van der Waals surface area contributed by atoms with Crippen LogP contribution in [0.15, 0.2) is 4.40 Å². The van der Waals surface area contributed by atoms with Crippen molar-refractivity contribution >= 4 is 17.1 Å². The minimum Gasteiger partial charge on any atom is -0.591 e. The predicted molar refractivity (Wildman–Crippen MR) is 69.1 cm³/mol. The van der Waals surface area contributed by atoms with E-state index in [-0.39, 0.29) is 4.75 Å². The smallest absolute Gasteiger partial charge is 0.144 e. The van der Waals surface area contributed by atoms with Gasteiger partial charge in [-0.3, -0.25) is 0 Å². The van der Waals surface area contributed by atoms with E-state index in [9.17, 15) is 4.55 Å². The van der Waals surface area contributed by atoms with Crippen LogP contribution in [0.2, 0.25) is 0 Å². The summed E-state index contributed by atoms with van der Waals surface area (Å²) in [4.78, 5) is 0. The predicted octanol–water partition coefficient (Wildman–Crippen LogP) is 2.05. The van der Waals surface area contributed by atoms with Crippen LogP contribution in [0.4, 0.5) is 0 Å². The van der Waals surface area contributed by atoms with Crippen molar-refractivity contribution < 1.29 is 4.55 Å². The Morgan fingerprint density at radius 3 is 2.69 bits per heavy atom. The molecule has 0 amide bonds. The zero-order chi connectivity index (χ0) is 11.8. The maximum Gasteiger partial charge on any atom is 0.144 e. The van der Waals surface area contributed by atoms with Gasteiger partial charge in [0.05, 0.1) is 5.71 Å². The Kier molecular flexibility index (Phi) is 3.34. The fraction of sp³-hybridized carbons (Fsp3) is 0.917. The van der Waals surface area contributed by atoms with Crippen LogP contribution >= 0.6 is 0 Å². The Morgan fingerprint density at radius 2 is 2.12 bits per heavy atom. The molecule has 2 fully saturated rings. The molecule has 2 aliphatic rings. The molecule has 2 atom stereocenters. The molecule has 0 aromatic heterocycles. The molecule has 1 N–H and O–H groups in total. The van der Waals surface area contributed by atoms with Crippen LogP contribution in [-0.4, -0.2) is 28.1 Å². The van der Waals surface area contributed by atoms with E-state index in [1.807, 2.05) is 20.8 Å². The van der Waals surface area contributed by atoms with Gasteiger partial charge in [0.2, 0.25) is 0 Å². The number of nitrogens with one attached hydrogen (secondary N) is 1. The maximum absolute atomic E-state index is 11.9. The molecule has 2 rings (SSSR count). The summed E-state index contributed by atoms with van der Waals surface area (Å²) < 4.78 is 16.1. The van der Waals surface area contributed by atoms with Crippen molar-refractivity contribution in [2.24, 2.45) is 9.81 Å². The van der Waals surface area contributed by atoms with Crippen LogP contribution in [0, 0.1) is 5.41 Å². The molecule has 1 aliphatic carbocycles. The minimum absolute atomic E-state index is 0.226. The second-order valence-electron chi connectivity index (χ2n) is 6.12. The van der Waals surface area contributed by atoms with E-state index in [1.165, 1.54) is 18.6 Å². The highest BCUT2D eigenvalue weighted by Crippen LogP contribution is 2.41. The van der Waals surface area contributed by atoms with Gasteiger partial charge in [-0.05, 0) is 58.4 Å². The second-order valence-corrected chi connectivity index (χ2v) is 8.03. The minimum atomic E-state index is -1.08. The van der Waals surface area contributed by atoms with Crippen LogP contribution in [0.25, 0.3) is 0 Å². The summed E-state index contributed by atoms with van der Waals surface area (Å²) in [6.45, 7) is 8.20. The molecule has 0 radical (unpaired) electrons. The fourth-order valence-electron chi connectivity index (χ4n) is 2.51. The maximum atomic E-state index is 11.9. The molecular formula is C12H22N2OS. The summed E-state index contributed by atoms with van der Waals surface area (Å²) in [5.74, 6) is 0. The first-order valence-electron chi connectivity index (χ1n) is 6.11. The third kappa shape index (κ3) is 2.60. The SMILES string of the molecule is CC(C)(C)[S+]([O-])/N=C1\CCC2(CCNC2)C1. The molecule has 0 aromatic rings. The lowest BCUT2D eigenvalue weighted by molar-refractivity contribution is 0.346. The Bertz CT molecular complexity index is 290. The Balaban J connectivity index is 2.00. The molecule has 1 heterocycles. The van der Waals surface area contributed by atoms with E-state index in [4.69, 9.17) is 0 Å². The number of nitrogens with zero attached hydrogens (tertiary/aromatic N) is 1. The van der Waals surface area contributed by atoms with Gasteiger partial charge in [0, 0.05) is 6.54 Å². The summed E-state index contributed by atoms with van der Waals surface area (Å²) in [7, 11) is 0. The van der Waals surface area contributed by atoms with Crippen LogP contribution in [0.1, 0.15) is 46.5 Å². The average Bonchev–Trinajstić information content (AvgIpc) is 2.77. The van der Waals surface area contributed by atoms with Crippen LogP contribution in [0.3, 0.4) is 0 Å². The van der Waals surface area contributed by atoms with E-state index >= 15 is 0 Å². The first kappa shape index (κ1) is 12.4. The molecule has 1 saturated heterocycles. The highest BCUT2D eigenvalue weighted by molar-refractivity contribution is 7.91. The third-order valence-corrected chi connectivity index (χ3v) is 5.06. The molecule has 0 bridgehead atoms. The number of rotatable bonds is 1. The second kappa shape index (κ2) is 4.31. The van der Waals surface area contributed by atoms with Crippen molar-refractivity contribution in [2.45, 2.75) is 51.2 Å². The summed E-state index contributed by atoms with van der Waals surface area (Å²) >= 11 is -1.08. The summed E-state index contributed by atoms with van der Waals surface area (Å²) in [5.41, 5.74) is 1.62. The number of hydrogen-bond acceptors (Lipinski definition) is 3. The molecule has 1 aliphatic heterocycles. The first-order chi connectivity index (χ1) is 7.41. The average molecular weight is 242 g/mol. The van der Waals surface area contributed by atoms with E-state index in [1.54, 1.807) is 0 Å². The standard InChI is InChI=1S/C12H22N2OS/c1-11(2,3)16(15)14-10-4-5-12(8-10)6-7-13-9-12/h13H,4-9H2,1-3H3/b14-10+. The molecule has 1 spiro atoms. The van der Waals surface area contributed by atoms with Crippen molar-refractivity contribution in [1.29, 1.82) is 0 Å². The van der Waals surface area contributed by atoms with Gasteiger partial charge in [-0.2, -0.15) is 0 Å². The van der Waals surface area contributed by atoms with Crippen molar-refractivity contribution in [2.75, 3.05) is 13.1 Å². The van der Waals surface area contributed by atoms with Crippen molar-refractivity contribution in [1.82, 2.24) is 5.32 Å². The van der Waals surface area contributed by atoms with Crippen LogP contribution < -0.4 is 5.32 Å². The van der Waals surface area contributed by atoms with E-state index < -0.39 is 11.4 Å². The number of hydrogen-bond donors (Lipinski definition) is 1. The highest BCUT2D eigenvalue weighted by Gasteiger charge is 2.41. The Labute approximate surface area is 101 Å². The van der Waals surface area contributed by atoms with Crippen molar-refractivity contribution in [3.8, 4) is 0 Å². The highest BCUT2D eigenvalue weighted by atomic mass is 32.2. The van der Waals surface area contributed by atoms with Gasteiger partial charge in [-0.1, -0.05) is 4.40 Å². The van der Waals surface area contributed by atoms with Gasteiger partial charge < -0.3 is 9.87 Å². The zero-order valence-electron chi connectivity index (χ0n) is 10.5. The first-order valence-corrected chi connectivity index (χ1v) is 7.21. The molecule has 3 nitrogen and oxygen atoms in total. The molecule has 0 aromatic carbocycles. The molecular weight excluding hydrogens is 220 g/mol. The lowest BCUT2D eigenvalue weighted by atomic mass is 9.86. The van der Waals surface area contributed by atoms with Gasteiger partial charge >= 0.3 is 0 Å². The lowest BCUT2D eigenvalue weighted by Crippen LogP contribution is -2.27. The zero-order valence-corrected chi connectivity index (χ0v) is 11.3. The lowest BCUT2D eigenvalue weighted by Gasteiger charge is -2.20. The summed E-state index contributed by atoms with van der Waals surface area (Å²) in [6, 6.07) is 0. The van der Waals surface area contributed by atoms with Crippen molar-refractivity contribution in [3.05, 3.63) is 0 Å². The van der Waals surface area contributed by atoms with Crippen molar-refractivity contribution in [3.63, 3.8) is 0 Å². The molecule has 92 valence electrons.